The van der Waals surface area contributed by atoms with Gasteiger partial charge in [0.15, 0.2) is 5.25 Å². The molecular formula is C20H40NaO11PS. The zero-order valence-electron chi connectivity index (χ0n) is 21.0. The molecule has 0 spiro atoms. The molecule has 0 amide bonds. The molecule has 198 valence electrons. The van der Waals surface area contributed by atoms with E-state index < -0.39 is 41.6 Å². The van der Waals surface area contributed by atoms with E-state index in [1.165, 1.54) is 0 Å². The molecule has 0 aliphatic rings. The molecule has 0 saturated carbocycles. The van der Waals surface area contributed by atoms with Crippen LogP contribution < -0.4 is 29.6 Å². The molecule has 3 unspecified atom stereocenters. The van der Waals surface area contributed by atoms with Crippen LogP contribution in [0.1, 0.15) is 85.5 Å². The molecule has 14 heteroatoms. The van der Waals surface area contributed by atoms with Crippen molar-refractivity contribution in [3.8, 4) is 0 Å². The summed E-state index contributed by atoms with van der Waals surface area (Å²) in [6.07, 6.45) is 6.58. The van der Waals surface area contributed by atoms with Crippen molar-refractivity contribution in [3.63, 3.8) is 0 Å². The monoisotopic (exact) mass is 542 g/mol. The van der Waals surface area contributed by atoms with Crippen molar-refractivity contribution < 1.29 is 80.8 Å². The van der Waals surface area contributed by atoms with Gasteiger partial charge in [0.2, 0.25) is 0 Å². The van der Waals surface area contributed by atoms with Gasteiger partial charge in [0, 0.05) is 0 Å². The van der Waals surface area contributed by atoms with Gasteiger partial charge in [0.1, 0.15) is 10.1 Å². The summed E-state index contributed by atoms with van der Waals surface area (Å²) >= 11 is 0. The number of hydrogen-bond acceptors (Lipinski definition) is 8. The van der Waals surface area contributed by atoms with E-state index in [0.29, 0.717) is 0 Å². The molecule has 3 atom stereocenters. The second-order valence-electron chi connectivity index (χ2n) is 7.84. The van der Waals surface area contributed by atoms with Gasteiger partial charge < -0.3 is 28.7 Å². The number of unbranched alkanes of at least 4 members (excludes halogenated alkanes) is 2. The number of carbonyl (C=O) groups is 2. The van der Waals surface area contributed by atoms with Crippen LogP contribution in [0.15, 0.2) is 0 Å². The first-order chi connectivity index (χ1) is 15.2. The number of hydrogen-bond donors (Lipinski definition) is 3. The van der Waals surface area contributed by atoms with Gasteiger partial charge in [0.05, 0.1) is 19.6 Å². The summed E-state index contributed by atoms with van der Waals surface area (Å²) in [6, 6.07) is 0. The normalized spacial score (nSPS) is 14.0. The van der Waals surface area contributed by atoms with Crippen LogP contribution in [0.25, 0.3) is 0 Å². The van der Waals surface area contributed by atoms with Crippen LogP contribution in [0.5, 0.6) is 0 Å². The first-order valence-electron chi connectivity index (χ1n) is 11.2. The second kappa shape index (κ2) is 21.1. The van der Waals surface area contributed by atoms with Crippen molar-refractivity contribution in [2.24, 2.45) is 11.8 Å². The van der Waals surface area contributed by atoms with Crippen LogP contribution in [-0.2, 0) is 33.7 Å². The first kappa shape index (κ1) is 38.5. The number of esters is 2. The maximum Gasteiger partial charge on any atom is 1.00 e. The Morgan fingerprint density at radius 3 is 1.59 bits per heavy atom. The Morgan fingerprint density at radius 2 is 1.26 bits per heavy atom. The van der Waals surface area contributed by atoms with Crippen molar-refractivity contribution in [2.75, 3.05) is 13.2 Å². The zero-order valence-corrected chi connectivity index (χ0v) is 24.7. The third-order valence-electron chi connectivity index (χ3n) is 4.99. The molecule has 0 aromatic heterocycles. The van der Waals surface area contributed by atoms with Gasteiger partial charge in [-0.1, -0.05) is 66.2 Å². The maximum atomic E-state index is 12.1. The molecule has 0 aromatic rings. The summed E-state index contributed by atoms with van der Waals surface area (Å²) in [5.74, 6) is -1.74. The number of carbonyl (C=O) groups excluding carboxylic acids is 2. The molecule has 11 nitrogen and oxygen atoms in total. The summed E-state index contributed by atoms with van der Waals surface area (Å²) in [5.41, 5.74) is 0. The maximum absolute atomic E-state index is 12.1. The molecule has 0 fully saturated rings. The van der Waals surface area contributed by atoms with E-state index >= 15 is 0 Å². The fraction of sp³-hybridized carbons (Fsp3) is 0.900. The van der Waals surface area contributed by atoms with Crippen LogP contribution in [0.2, 0.25) is 0 Å². The van der Waals surface area contributed by atoms with E-state index in [9.17, 15) is 22.6 Å². The van der Waals surface area contributed by atoms with Gasteiger partial charge in [-0.3, -0.25) is 9.59 Å². The molecule has 0 rings (SSSR count). The summed E-state index contributed by atoms with van der Waals surface area (Å²) in [5, 5.41) is -2.06. The smallest absolute Gasteiger partial charge is 0.747 e. The van der Waals surface area contributed by atoms with Crippen LogP contribution in [-0.4, -0.2) is 58.1 Å². The third kappa shape index (κ3) is 23.7. The second-order valence-corrected chi connectivity index (χ2v) is 10.4. The fourth-order valence-corrected chi connectivity index (χ4v) is 3.46. The van der Waals surface area contributed by atoms with Gasteiger partial charge in [-0.05, 0) is 24.7 Å². The molecular weight excluding hydrogens is 502 g/mol. The Bertz CT molecular complexity index is 688. The van der Waals surface area contributed by atoms with Crippen LogP contribution in [0.4, 0.5) is 0 Å². The number of phosphoric acid groups is 1. The van der Waals surface area contributed by atoms with Crippen LogP contribution in [0.3, 0.4) is 0 Å². The first-order valence-corrected chi connectivity index (χ1v) is 14.3. The van der Waals surface area contributed by atoms with Gasteiger partial charge >= 0.3 is 49.3 Å². The SMILES string of the molecule is CCCCC(CC)COC(=O)CC(C(=O)OCC(CC)CCCC)S(=O)(=O)[O-].O=P(O)(O)O.[Na+]. The minimum Gasteiger partial charge on any atom is -0.747 e. The topological polar surface area (TPSA) is 188 Å². The predicted molar refractivity (Wildman–Crippen MR) is 121 cm³/mol. The summed E-state index contributed by atoms with van der Waals surface area (Å²) in [6.45, 7) is 8.26. The molecule has 0 heterocycles. The van der Waals surface area contributed by atoms with Crippen molar-refractivity contribution >= 4 is 29.9 Å². The van der Waals surface area contributed by atoms with E-state index in [0.717, 1.165) is 51.4 Å². The third-order valence-corrected chi connectivity index (χ3v) is 6.05. The number of ether oxygens (including phenoxy) is 2. The summed E-state index contributed by atoms with van der Waals surface area (Å²) in [7, 11) is -9.65. The molecule has 0 bridgehead atoms. The molecule has 0 radical (unpaired) electrons. The Morgan fingerprint density at radius 1 is 0.882 bits per heavy atom. The van der Waals surface area contributed by atoms with Crippen LogP contribution in [0, 0.1) is 11.8 Å². The molecule has 0 aromatic carbocycles. The van der Waals surface area contributed by atoms with Crippen LogP contribution >= 0.6 is 7.82 Å². The molecule has 0 saturated heterocycles. The van der Waals surface area contributed by atoms with Gasteiger partial charge in [0.25, 0.3) is 0 Å². The van der Waals surface area contributed by atoms with E-state index in [-0.39, 0.29) is 54.6 Å². The minimum atomic E-state index is -5.01. The zero-order chi connectivity index (χ0) is 26.1. The largest absolute Gasteiger partial charge is 1.00 e. The molecule has 0 aliphatic carbocycles. The van der Waals surface area contributed by atoms with E-state index in [1.54, 1.807) is 0 Å². The van der Waals surface area contributed by atoms with Crippen molar-refractivity contribution in [1.29, 1.82) is 0 Å². The summed E-state index contributed by atoms with van der Waals surface area (Å²) < 4.78 is 53.5. The van der Waals surface area contributed by atoms with E-state index in [1.807, 2.05) is 13.8 Å². The number of rotatable bonds is 16. The Kier molecular flexibility index (Phi) is 23.9. The molecule has 3 N–H and O–H groups in total. The van der Waals surface area contributed by atoms with Gasteiger partial charge in [-0.2, -0.15) is 0 Å². The summed E-state index contributed by atoms with van der Waals surface area (Å²) in [4.78, 5) is 45.7. The average molecular weight is 543 g/mol. The Hall–Kier alpha value is -0.0400. The van der Waals surface area contributed by atoms with Crippen molar-refractivity contribution in [1.82, 2.24) is 0 Å². The van der Waals surface area contributed by atoms with Gasteiger partial charge in [-0.25, -0.2) is 13.0 Å². The Labute approximate surface area is 225 Å². The van der Waals surface area contributed by atoms with E-state index in [2.05, 4.69) is 13.8 Å². The van der Waals surface area contributed by atoms with Crippen molar-refractivity contribution in [2.45, 2.75) is 90.7 Å². The quantitative estimate of drug-likeness (QED) is 0.102. The fourth-order valence-electron chi connectivity index (χ4n) is 2.81. The van der Waals surface area contributed by atoms with E-state index in [4.69, 9.17) is 28.7 Å². The Balaban J connectivity index is -0.00000144. The average Bonchev–Trinajstić information content (AvgIpc) is 2.70. The minimum absolute atomic E-state index is 0. The standard InChI is InChI=1S/C20H38O7S.Na.H3O4P/c1-5-9-11-16(7-3)14-26-19(21)13-18(28(23,24)25)20(22)27-15-17(8-4)12-10-6-2;;1-5(2,3)4/h16-18H,5-15H2,1-4H3,(H,23,24,25);;(H3,1,2,3,4)/q;+1;/p-1. The predicted octanol–water partition coefficient (Wildman–Crippen LogP) is -0.115. The molecule has 34 heavy (non-hydrogen) atoms. The van der Waals surface area contributed by atoms with Gasteiger partial charge in [-0.15, -0.1) is 0 Å². The molecule has 0 aliphatic heterocycles. The van der Waals surface area contributed by atoms with Crippen molar-refractivity contribution in [3.05, 3.63) is 0 Å².